The van der Waals surface area contributed by atoms with E-state index in [0.717, 1.165) is 37.4 Å². The van der Waals surface area contributed by atoms with Crippen molar-refractivity contribution in [1.82, 2.24) is 0 Å². The van der Waals surface area contributed by atoms with Crippen LogP contribution in [0.2, 0.25) is 0 Å². The van der Waals surface area contributed by atoms with Gasteiger partial charge in [-0.25, -0.2) is 0 Å². The number of unbranched alkanes of at least 4 members (excludes halogenated alkanes) is 2. The molecule has 0 spiro atoms. The fraction of sp³-hybridized carbons (Fsp3) is 0.615. The highest BCUT2D eigenvalue weighted by Crippen LogP contribution is 2.42. The lowest BCUT2D eigenvalue weighted by atomic mass is 10.2. The number of rotatable bonds is 9. The van der Waals surface area contributed by atoms with Gasteiger partial charge < -0.3 is 20.5 Å². The van der Waals surface area contributed by atoms with E-state index in [1.807, 2.05) is 0 Å². The first-order valence-electron chi connectivity index (χ1n) is 6.31. The molecule has 0 atom stereocenters. The first-order valence-corrected chi connectivity index (χ1v) is 7.13. The Hall–Kier alpha value is -1.27. The van der Waals surface area contributed by atoms with E-state index in [1.165, 1.54) is 18.3 Å². The molecule has 19 heavy (non-hydrogen) atoms. The third-order valence-electron chi connectivity index (χ3n) is 2.73. The standard InChI is InChI=1S/C13H22N2O3S/c1-9(16)12-10(14)11(18-3)13(19-12)15-7-5-4-6-8-17-2/h15H,4-8,14H2,1-3H3. The summed E-state index contributed by atoms with van der Waals surface area (Å²) in [5.74, 6) is 0.543. The molecule has 0 aliphatic rings. The molecule has 0 saturated carbocycles. The summed E-state index contributed by atoms with van der Waals surface area (Å²) in [6, 6.07) is 0. The van der Waals surface area contributed by atoms with Crippen molar-refractivity contribution >= 4 is 27.8 Å². The zero-order valence-electron chi connectivity index (χ0n) is 11.7. The minimum atomic E-state index is -0.0334. The number of methoxy groups -OCH3 is 2. The largest absolute Gasteiger partial charge is 0.492 e. The molecule has 1 aromatic heterocycles. The number of thiophene rings is 1. The van der Waals surface area contributed by atoms with Crippen LogP contribution in [-0.2, 0) is 4.74 Å². The lowest BCUT2D eigenvalue weighted by molar-refractivity contribution is 0.102. The summed E-state index contributed by atoms with van der Waals surface area (Å²) in [7, 11) is 3.27. The molecular weight excluding hydrogens is 264 g/mol. The number of ether oxygens (including phenoxy) is 2. The van der Waals surface area contributed by atoms with Gasteiger partial charge in [0.05, 0.1) is 17.7 Å². The summed E-state index contributed by atoms with van der Waals surface area (Å²) in [5, 5.41) is 4.11. The molecule has 3 N–H and O–H groups in total. The summed E-state index contributed by atoms with van der Waals surface area (Å²) < 4.78 is 10.2. The lowest BCUT2D eigenvalue weighted by Gasteiger charge is -2.06. The van der Waals surface area contributed by atoms with Crippen LogP contribution < -0.4 is 15.8 Å². The van der Waals surface area contributed by atoms with Crippen LogP contribution in [0.25, 0.3) is 0 Å². The van der Waals surface area contributed by atoms with Gasteiger partial charge in [0.1, 0.15) is 5.00 Å². The maximum atomic E-state index is 11.4. The maximum absolute atomic E-state index is 11.4. The highest BCUT2D eigenvalue weighted by atomic mass is 32.1. The zero-order chi connectivity index (χ0) is 14.3. The monoisotopic (exact) mass is 286 g/mol. The van der Waals surface area contributed by atoms with Gasteiger partial charge in [-0.3, -0.25) is 4.79 Å². The zero-order valence-corrected chi connectivity index (χ0v) is 12.6. The Labute approximate surface area is 118 Å². The van der Waals surface area contributed by atoms with E-state index in [9.17, 15) is 4.79 Å². The quantitative estimate of drug-likeness (QED) is 0.539. The molecule has 1 heterocycles. The van der Waals surface area contributed by atoms with Gasteiger partial charge >= 0.3 is 0 Å². The first-order chi connectivity index (χ1) is 9.11. The van der Waals surface area contributed by atoms with Crippen LogP contribution in [0.15, 0.2) is 0 Å². The number of ketones is 1. The second-order valence-electron chi connectivity index (χ2n) is 4.24. The van der Waals surface area contributed by atoms with E-state index in [4.69, 9.17) is 15.2 Å². The Kier molecular flexibility index (Phi) is 6.66. The molecule has 5 nitrogen and oxygen atoms in total. The molecule has 0 aromatic carbocycles. The van der Waals surface area contributed by atoms with E-state index >= 15 is 0 Å². The van der Waals surface area contributed by atoms with Gasteiger partial charge in [-0.15, -0.1) is 11.3 Å². The Morgan fingerprint density at radius 1 is 1.32 bits per heavy atom. The molecule has 6 heteroatoms. The number of carbonyl (C=O) groups excluding carboxylic acids is 1. The number of Topliss-reactive ketones (excluding diaryl/α,β-unsaturated/α-hetero) is 1. The molecule has 0 unspecified atom stereocenters. The van der Waals surface area contributed by atoms with Crippen LogP contribution in [0.5, 0.6) is 5.75 Å². The van der Waals surface area contributed by atoms with E-state index in [2.05, 4.69) is 5.32 Å². The summed E-state index contributed by atoms with van der Waals surface area (Å²) in [6.07, 6.45) is 3.20. The number of carbonyl (C=O) groups is 1. The van der Waals surface area contributed by atoms with Gasteiger partial charge in [0.2, 0.25) is 0 Å². The SMILES string of the molecule is COCCCCCNc1sc(C(C)=O)c(N)c1OC. The van der Waals surface area contributed by atoms with Gasteiger partial charge in [-0.05, 0) is 19.3 Å². The van der Waals surface area contributed by atoms with Crippen molar-refractivity contribution in [3.05, 3.63) is 4.88 Å². The predicted molar refractivity (Wildman–Crippen MR) is 79.5 cm³/mol. The topological polar surface area (TPSA) is 73.6 Å². The smallest absolute Gasteiger partial charge is 0.176 e. The summed E-state index contributed by atoms with van der Waals surface area (Å²) >= 11 is 1.35. The second-order valence-corrected chi connectivity index (χ2v) is 5.26. The normalized spacial score (nSPS) is 10.5. The van der Waals surface area contributed by atoms with Crippen molar-refractivity contribution in [2.75, 3.05) is 38.4 Å². The van der Waals surface area contributed by atoms with Crippen LogP contribution >= 0.6 is 11.3 Å². The Morgan fingerprint density at radius 3 is 2.63 bits per heavy atom. The molecule has 0 aliphatic heterocycles. The molecule has 108 valence electrons. The van der Waals surface area contributed by atoms with Crippen molar-refractivity contribution in [1.29, 1.82) is 0 Å². The molecule has 0 bridgehead atoms. The van der Waals surface area contributed by atoms with Gasteiger partial charge in [0.15, 0.2) is 11.5 Å². The maximum Gasteiger partial charge on any atom is 0.176 e. The highest BCUT2D eigenvalue weighted by Gasteiger charge is 2.18. The molecule has 0 radical (unpaired) electrons. The number of nitrogens with one attached hydrogen (secondary N) is 1. The molecule has 0 fully saturated rings. The lowest BCUT2D eigenvalue weighted by Crippen LogP contribution is -2.02. The highest BCUT2D eigenvalue weighted by molar-refractivity contribution is 7.19. The number of nitrogen functional groups attached to an aromatic ring is 1. The fourth-order valence-electron chi connectivity index (χ4n) is 1.76. The van der Waals surface area contributed by atoms with Crippen LogP contribution in [0.3, 0.4) is 0 Å². The Morgan fingerprint density at radius 2 is 2.05 bits per heavy atom. The van der Waals surface area contributed by atoms with Crippen LogP contribution in [0, 0.1) is 0 Å². The number of hydrogen-bond donors (Lipinski definition) is 2. The second kappa shape index (κ2) is 8.01. The number of anilines is 2. The molecule has 1 aromatic rings. The van der Waals surface area contributed by atoms with Gasteiger partial charge in [0.25, 0.3) is 0 Å². The van der Waals surface area contributed by atoms with Gasteiger partial charge in [-0.1, -0.05) is 0 Å². The van der Waals surface area contributed by atoms with E-state index in [1.54, 1.807) is 14.2 Å². The van der Waals surface area contributed by atoms with Crippen molar-refractivity contribution in [3.63, 3.8) is 0 Å². The fourth-order valence-corrected chi connectivity index (χ4v) is 2.77. The minimum Gasteiger partial charge on any atom is -0.492 e. The van der Waals surface area contributed by atoms with Crippen molar-refractivity contribution < 1.29 is 14.3 Å². The Bertz CT molecular complexity index is 418. The number of nitrogens with two attached hydrogens (primary N) is 1. The van der Waals surface area contributed by atoms with Crippen LogP contribution in [0.4, 0.5) is 10.7 Å². The van der Waals surface area contributed by atoms with E-state index in [0.29, 0.717) is 16.3 Å². The first kappa shape index (κ1) is 15.8. The average molecular weight is 286 g/mol. The van der Waals surface area contributed by atoms with Gasteiger partial charge in [0, 0.05) is 27.2 Å². The molecule has 0 saturated heterocycles. The van der Waals surface area contributed by atoms with E-state index in [-0.39, 0.29) is 5.78 Å². The summed E-state index contributed by atoms with van der Waals surface area (Å²) in [4.78, 5) is 12.0. The van der Waals surface area contributed by atoms with Crippen molar-refractivity contribution in [2.24, 2.45) is 0 Å². The molecule has 0 amide bonds. The van der Waals surface area contributed by atoms with Gasteiger partial charge in [-0.2, -0.15) is 0 Å². The van der Waals surface area contributed by atoms with Crippen LogP contribution in [0.1, 0.15) is 35.9 Å². The Balaban J connectivity index is 2.53. The summed E-state index contributed by atoms with van der Waals surface area (Å²) in [5.41, 5.74) is 6.33. The predicted octanol–water partition coefficient (Wildman–Crippen LogP) is 2.77. The third-order valence-corrected chi connectivity index (χ3v) is 3.98. The minimum absolute atomic E-state index is 0.0334. The number of hydrogen-bond acceptors (Lipinski definition) is 6. The van der Waals surface area contributed by atoms with Crippen LogP contribution in [-0.4, -0.2) is 33.2 Å². The van der Waals surface area contributed by atoms with E-state index < -0.39 is 0 Å². The average Bonchev–Trinajstić information content (AvgIpc) is 2.70. The van der Waals surface area contributed by atoms with Crippen molar-refractivity contribution in [2.45, 2.75) is 26.2 Å². The summed E-state index contributed by atoms with van der Waals surface area (Å²) in [6.45, 7) is 3.14. The van der Waals surface area contributed by atoms with Crippen molar-refractivity contribution in [3.8, 4) is 5.75 Å². The third kappa shape index (κ3) is 4.40. The molecule has 0 aliphatic carbocycles. The molecule has 1 rings (SSSR count). The molecular formula is C13H22N2O3S.